The maximum absolute atomic E-state index is 6.03. The van der Waals surface area contributed by atoms with Gasteiger partial charge in [0.25, 0.3) is 0 Å². The Balaban J connectivity index is 1.80. The highest BCUT2D eigenvalue weighted by atomic mass is 35.5. The van der Waals surface area contributed by atoms with Crippen LogP contribution in [0.3, 0.4) is 0 Å². The fraction of sp³-hybridized carbons (Fsp3) is 0.200. The molecule has 0 spiro atoms. The highest BCUT2D eigenvalue weighted by molar-refractivity contribution is 6.32. The van der Waals surface area contributed by atoms with E-state index >= 15 is 0 Å². The van der Waals surface area contributed by atoms with Crippen LogP contribution in [0.1, 0.15) is 5.56 Å². The summed E-state index contributed by atoms with van der Waals surface area (Å²) in [5, 5.41) is 0.625. The van der Waals surface area contributed by atoms with E-state index in [9.17, 15) is 0 Å². The van der Waals surface area contributed by atoms with E-state index in [-0.39, 0.29) is 0 Å². The summed E-state index contributed by atoms with van der Waals surface area (Å²) >= 11 is 6.03. The third kappa shape index (κ3) is 3.67. The normalized spacial score (nSPS) is 10.1. The van der Waals surface area contributed by atoms with Crippen LogP contribution >= 0.6 is 11.6 Å². The quantitative estimate of drug-likeness (QED) is 0.755. The van der Waals surface area contributed by atoms with Crippen molar-refractivity contribution >= 4 is 11.6 Å². The Morgan fingerprint density at radius 1 is 0.944 bits per heavy atom. The number of halogens is 1. The van der Waals surface area contributed by atoms with Gasteiger partial charge in [-0.05, 0) is 36.8 Å². The molecule has 2 aromatic rings. The van der Waals surface area contributed by atoms with Crippen molar-refractivity contribution in [2.24, 2.45) is 0 Å². The number of rotatable bonds is 5. The van der Waals surface area contributed by atoms with E-state index in [0.717, 1.165) is 11.3 Å². The number of hydrogen-bond donors (Lipinski definition) is 0. The van der Waals surface area contributed by atoms with Crippen molar-refractivity contribution < 1.29 is 9.47 Å². The van der Waals surface area contributed by atoms with Gasteiger partial charge in [-0.1, -0.05) is 35.9 Å². The highest BCUT2D eigenvalue weighted by Crippen LogP contribution is 2.25. The molecule has 0 heterocycles. The van der Waals surface area contributed by atoms with Crippen molar-refractivity contribution in [1.82, 2.24) is 0 Å². The van der Waals surface area contributed by atoms with Crippen LogP contribution < -0.4 is 9.47 Å². The molecule has 0 saturated carbocycles. The molecular formula is C15H15ClO2. The molecule has 18 heavy (non-hydrogen) atoms. The lowest BCUT2D eigenvalue weighted by Gasteiger charge is -2.10. The van der Waals surface area contributed by atoms with Gasteiger partial charge in [-0.15, -0.1) is 0 Å². The van der Waals surface area contributed by atoms with E-state index in [2.05, 4.69) is 0 Å². The molecule has 0 aliphatic rings. The van der Waals surface area contributed by atoms with Gasteiger partial charge in [0.1, 0.15) is 24.7 Å². The van der Waals surface area contributed by atoms with E-state index in [0.29, 0.717) is 24.0 Å². The fourth-order valence-corrected chi connectivity index (χ4v) is 1.72. The standard InChI is InChI=1S/C15H15ClO2/c1-12-7-8-14(16)15(11-12)18-10-9-17-13-5-3-2-4-6-13/h2-8,11H,9-10H2,1H3. The van der Waals surface area contributed by atoms with Gasteiger partial charge in [-0.3, -0.25) is 0 Å². The average molecular weight is 263 g/mol. The number of aryl methyl sites for hydroxylation is 1. The van der Waals surface area contributed by atoms with Gasteiger partial charge in [-0.2, -0.15) is 0 Å². The smallest absolute Gasteiger partial charge is 0.138 e. The minimum atomic E-state index is 0.470. The summed E-state index contributed by atoms with van der Waals surface area (Å²) in [5.41, 5.74) is 1.12. The first-order valence-electron chi connectivity index (χ1n) is 5.82. The Kier molecular flexibility index (Phi) is 4.48. The average Bonchev–Trinajstić information content (AvgIpc) is 2.40. The third-order valence-corrected chi connectivity index (χ3v) is 2.75. The van der Waals surface area contributed by atoms with Crippen molar-refractivity contribution in [3.8, 4) is 11.5 Å². The second-order valence-corrected chi connectivity index (χ2v) is 4.35. The largest absolute Gasteiger partial charge is 0.490 e. The van der Waals surface area contributed by atoms with Gasteiger partial charge in [-0.25, -0.2) is 0 Å². The molecule has 0 fully saturated rings. The fourth-order valence-electron chi connectivity index (χ4n) is 1.55. The Bertz CT molecular complexity index is 497. The predicted molar refractivity (Wildman–Crippen MR) is 73.6 cm³/mol. The maximum Gasteiger partial charge on any atom is 0.138 e. The van der Waals surface area contributed by atoms with E-state index < -0.39 is 0 Å². The Morgan fingerprint density at radius 2 is 1.67 bits per heavy atom. The molecule has 0 aliphatic carbocycles. The molecule has 0 aliphatic heterocycles. The molecule has 0 bridgehead atoms. The summed E-state index contributed by atoms with van der Waals surface area (Å²) < 4.78 is 11.1. The van der Waals surface area contributed by atoms with Crippen molar-refractivity contribution in [3.05, 3.63) is 59.1 Å². The molecule has 2 nitrogen and oxygen atoms in total. The summed E-state index contributed by atoms with van der Waals surface area (Å²) in [5.74, 6) is 1.55. The molecule has 0 saturated heterocycles. The molecular weight excluding hydrogens is 248 g/mol. The Hall–Kier alpha value is -1.67. The minimum Gasteiger partial charge on any atom is -0.490 e. The Labute approximate surface area is 112 Å². The van der Waals surface area contributed by atoms with Crippen LogP contribution in [-0.4, -0.2) is 13.2 Å². The SMILES string of the molecule is Cc1ccc(Cl)c(OCCOc2ccccc2)c1. The zero-order valence-electron chi connectivity index (χ0n) is 10.2. The number of para-hydroxylation sites is 1. The van der Waals surface area contributed by atoms with E-state index in [4.69, 9.17) is 21.1 Å². The second kappa shape index (κ2) is 6.31. The lowest BCUT2D eigenvalue weighted by atomic mass is 10.2. The van der Waals surface area contributed by atoms with Crippen molar-refractivity contribution in [1.29, 1.82) is 0 Å². The lowest BCUT2D eigenvalue weighted by molar-refractivity contribution is 0.217. The van der Waals surface area contributed by atoms with Crippen LogP contribution in [0, 0.1) is 6.92 Å². The molecule has 0 radical (unpaired) electrons. The summed E-state index contributed by atoms with van der Waals surface area (Å²) in [6, 6.07) is 15.4. The maximum atomic E-state index is 6.03. The second-order valence-electron chi connectivity index (χ2n) is 3.94. The van der Waals surface area contributed by atoms with Gasteiger partial charge in [0.05, 0.1) is 5.02 Å². The van der Waals surface area contributed by atoms with Gasteiger partial charge >= 0.3 is 0 Å². The van der Waals surface area contributed by atoms with Gasteiger partial charge in [0.15, 0.2) is 0 Å². The monoisotopic (exact) mass is 262 g/mol. The molecule has 0 amide bonds. The topological polar surface area (TPSA) is 18.5 Å². The molecule has 2 rings (SSSR count). The first-order valence-corrected chi connectivity index (χ1v) is 6.20. The minimum absolute atomic E-state index is 0.470. The Morgan fingerprint density at radius 3 is 2.44 bits per heavy atom. The van der Waals surface area contributed by atoms with Crippen molar-refractivity contribution in [2.75, 3.05) is 13.2 Å². The van der Waals surface area contributed by atoms with Crippen LogP contribution in [0.5, 0.6) is 11.5 Å². The van der Waals surface area contributed by atoms with E-state index in [1.54, 1.807) is 0 Å². The summed E-state index contributed by atoms with van der Waals surface area (Å²) in [4.78, 5) is 0. The predicted octanol–water partition coefficient (Wildman–Crippen LogP) is 4.11. The molecule has 0 N–H and O–H groups in total. The van der Waals surface area contributed by atoms with Gasteiger partial charge < -0.3 is 9.47 Å². The van der Waals surface area contributed by atoms with Crippen LogP contribution in [0.4, 0.5) is 0 Å². The van der Waals surface area contributed by atoms with Crippen LogP contribution in [-0.2, 0) is 0 Å². The number of ether oxygens (including phenoxy) is 2. The summed E-state index contributed by atoms with van der Waals surface area (Å²) in [6.45, 7) is 2.97. The zero-order chi connectivity index (χ0) is 12.8. The van der Waals surface area contributed by atoms with Gasteiger partial charge in [0, 0.05) is 0 Å². The van der Waals surface area contributed by atoms with Crippen molar-refractivity contribution in [2.45, 2.75) is 6.92 Å². The molecule has 0 unspecified atom stereocenters. The first kappa shape index (κ1) is 12.8. The summed E-state index contributed by atoms with van der Waals surface area (Å²) in [7, 11) is 0. The summed E-state index contributed by atoms with van der Waals surface area (Å²) in [6.07, 6.45) is 0. The lowest BCUT2D eigenvalue weighted by Crippen LogP contribution is -2.09. The third-order valence-electron chi connectivity index (χ3n) is 2.44. The van der Waals surface area contributed by atoms with Crippen molar-refractivity contribution in [3.63, 3.8) is 0 Å². The zero-order valence-corrected chi connectivity index (χ0v) is 11.0. The van der Waals surface area contributed by atoms with Crippen LogP contribution in [0.25, 0.3) is 0 Å². The van der Waals surface area contributed by atoms with E-state index in [1.165, 1.54) is 0 Å². The molecule has 94 valence electrons. The number of benzene rings is 2. The van der Waals surface area contributed by atoms with Gasteiger partial charge in [0.2, 0.25) is 0 Å². The van der Waals surface area contributed by atoms with E-state index in [1.807, 2.05) is 55.5 Å². The molecule has 0 atom stereocenters. The molecule has 3 heteroatoms. The van der Waals surface area contributed by atoms with Crippen LogP contribution in [0.2, 0.25) is 5.02 Å². The first-order chi connectivity index (χ1) is 8.75. The highest BCUT2D eigenvalue weighted by Gasteiger charge is 2.01. The molecule has 2 aromatic carbocycles. The van der Waals surface area contributed by atoms with Crippen LogP contribution in [0.15, 0.2) is 48.5 Å². The number of hydrogen-bond acceptors (Lipinski definition) is 2. The molecule has 0 aromatic heterocycles.